The molecule has 6 heteroatoms. The van der Waals surface area contributed by atoms with Gasteiger partial charge in [-0.3, -0.25) is 14.5 Å². The molecule has 3 aromatic rings. The highest BCUT2D eigenvalue weighted by molar-refractivity contribution is 6.06. The highest BCUT2D eigenvalue weighted by Crippen LogP contribution is 2.45. The van der Waals surface area contributed by atoms with Crippen molar-refractivity contribution in [3.05, 3.63) is 71.9 Å². The number of nitrogens with one attached hydrogen (secondary N) is 2. The zero-order valence-corrected chi connectivity index (χ0v) is 18.7. The number of likely N-dealkylation sites (tertiary alicyclic amines) is 2. The topological polar surface area (TPSA) is 68.4 Å². The Morgan fingerprint density at radius 2 is 1.84 bits per heavy atom. The minimum absolute atomic E-state index is 0.0466. The second kappa shape index (κ2) is 8.10. The van der Waals surface area contributed by atoms with Crippen molar-refractivity contribution in [1.82, 2.24) is 20.1 Å². The number of H-pyrrole nitrogens is 1. The van der Waals surface area contributed by atoms with Gasteiger partial charge in [0, 0.05) is 66.8 Å². The van der Waals surface area contributed by atoms with Crippen LogP contribution in [0.5, 0.6) is 0 Å². The minimum atomic E-state index is -0.185. The summed E-state index contributed by atoms with van der Waals surface area (Å²) in [5, 5.41) is 4.06. The van der Waals surface area contributed by atoms with Gasteiger partial charge < -0.3 is 15.2 Å². The average Bonchev–Trinajstić information content (AvgIpc) is 3.37. The molecule has 1 atom stereocenters. The SMILES string of the molecule is CC(C)NC(=O)C1CN(Cc2ccccc2)CC12CN(C(=O)c1cccc3[nH]ccc13)C2. The Labute approximate surface area is 188 Å². The van der Waals surface area contributed by atoms with E-state index in [4.69, 9.17) is 0 Å². The summed E-state index contributed by atoms with van der Waals surface area (Å²) in [4.78, 5) is 33.9. The molecule has 0 saturated carbocycles. The zero-order chi connectivity index (χ0) is 22.3. The summed E-state index contributed by atoms with van der Waals surface area (Å²) in [5.74, 6) is 0.0430. The van der Waals surface area contributed by atoms with Gasteiger partial charge in [0.2, 0.25) is 5.91 Å². The number of carbonyl (C=O) groups is 2. The molecular weight excluding hydrogens is 400 g/mol. The van der Waals surface area contributed by atoms with E-state index >= 15 is 0 Å². The van der Waals surface area contributed by atoms with Crippen LogP contribution in [0.1, 0.15) is 29.8 Å². The van der Waals surface area contributed by atoms with Gasteiger partial charge in [0.15, 0.2) is 0 Å². The van der Waals surface area contributed by atoms with Crippen molar-refractivity contribution in [2.45, 2.75) is 26.4 Å². The number of fused-ring (bicyclic) bond motifs is 1. The third-order valence-corrected chi connectivity index (χ3v) is 6.84. The Kier molecular flexibility index (Phi) is 5.25. The van der Waals surface area contributed by atoms with Crippen LogP contribution in [0.4, 0.5) is 0 Å². The van der Waals surface area contributed by atoms with Gasteiger partial charge in [0.05, 0.1) is 5.92 Å². The molecule has 2 N–H and O–H groups in total. The van der Waals surface area contributed by atoms with Crippen LogP contribution in [0.2, 0.25) is 0 Å². The third kappa shape index (κ3) is 3.69. The molecule has 3 heterocycles. The standard InChI is InChI=1S/C26H30N4O2/c1-18(2)28-24(31)22-14-29(13-19-7-4-3-5-8-19)15-26(22)16-30(17-26)25(32)21-9-6-10-23-20(21)11-12-27-23/h3-12,18,22,27H,13-17H2,1-2H3,(H,28,31). The van der Waals surface area contributed by atoms with E-state index in [1.165, 1.54) is 5.56 Å². The lowest BCUT2D eigenvalue weighted by Gasteiger charge is -2.50. The van der Waals surface area contributed by atoms with E-state index in [0.29, 0.717) is 13.1 Å². The number of carbonyl (C=O) groups excluding carboxylic acids is 2. The fraction of sp³-hybridized carbons (Fsp3) is 0.385. The van der Waals surface area contributed by atoms with E-state index in [1.54, 1.807) is 0 Å². The van der Waals surface area contributed by atoms with E-state index < -0.39 is 0 Å². The molecule has 1 unspecified atom stereocenters. The Morgan fingerprint density at radius 3 is 2.59 bits per heavy atom. The molecule has 6 nitrogen and oxygen atoms in total. The first kappa shape index (κ1) is 20.8. The molecule has 2 aliphatic heterocycles. The molecular formula is C26H30N4O2. The van der Waals surface area contributed by atoms with Crippen molar-refractivity contribution >= 4 is 22.7 Å². The van der Waals surface area contributed by atoms with Crippen LogP contribution in [0.3, 0.4) is 0 Å². The van der Waals surface area contributed by atoms with Crippen molar-refractivity contribution in [2.24, 2.45) is 11.3 Å². The number of nitrogens with zero attached hydrogens (tertiary/aromatic N) is 2. The fourth-order valence-electron chi connectivity index (χ4n) is 5.40. The van der Waals surface area contributed by atoms with E-state index in [-0.39, 0.29) is 29.2 Å². The quantitative estimate of drug-likeness (QED) is 0.653. The van der Waals surface area contributed by atoms with Gasteiger partial charge in [0.25, 0.3) is 5.91 Å². The van der Waals surface area contributed by atoms with Gasteiger partial charge in [-0.25, -0.2) is 0 Å². The molecule has 2 aromatic carbocycles. The van der Waals surface area contributed by atoms with E-state index in [2.05, 4.69) is 39.5 Å². The predicted octanol–water partition coefficient (Wildman–Crippen LogP) is 3.27. The Morgan fingerprint density at radius 1 is 1.06 bits per heavy atom. The molecule has 2 saturated heterocycles. The third-order valence-electron chi connectivity index (χ3n) is 6.84. The van der Waals surface area contributed by atoms with E-state index in [9.17, 15) is 9.59 Å². The Hall–Kier alpha value is -3.12. The van der Waals surface area contributed by atoms with Crippen molar-refractivity contribution in [1.29, 1.82) is 0 Å². The first-order valence-electron chi connectivity index (χ1n) is 11.4. The maximum Gasteiger partial charge on any atom is 0.254 e. The van der Waals surface area contributed by atoms with Gasteiger partial charge in [-0.1, -0.05) is 36.4 Å². The van der Waals surface area contributed by atoms with Gasteiger partial charge in [0.1, 0.15) is 0 Å². The summed E-state index contributed by atoms with van der Waals surface area (Å²) in [6.07, 6.45) is 1.86. The van der Waals surface area contributed by atoms with Crippen molar-refractivity contribution in [3.63, 3.8) is 0 Å². The molecule has 0 aliphatic carbocycles. The summed E-state index contributed by atoms with van der Waals surface area (Å²) in [6, 6.07) is 18.2. The molecule has 2 fully saturated rings. The van der Waals surface area contributed by atoms with Gasteiger partial charge in [-0.2, -0.15) is 0 Å². The van der Waals surface area contributed by atoms with Crippen LogP contribution >= 0.6 is 0 Å². The lowest BCUT2D eigenvalue weighted by molar-refractivity contribution is -0.131. The first-order chi connectivity index (χ1) is 15.4. The van der Waals surface area contributed by atoms with Crippen LogP contribution in [0, 0.1) is 11.3 Å². The molecule has 2 aliphatic rings. The molecule has 0 bridgehead atoms. The zero-order valence-electron chi connectivity index (χ0n) is 18.7. The van der Waals surface area contributed by atoms with E-state index in [1.807, 2.05) is 55.3 Å². The second-order valence-electron chi connectivity index (χ2n) is 9.64. The fourth-order valence-corrected chi connectivity index (χ4v) is 5.40. The molecule has 0 radical (unpaired) electrons. The van der Waals surface area contributed by atoms with Crippen LogP contribution in [-0.4, -0.2) is 58.8 Å². The van der Waals surface area contributed by atoms with Crippen LogP contribution in [-0.2, 0) is 11.3 Å². The first-order valence-corrected chi connectivity index (χ1v) is 11.4. The van der Waals surface area contributed by atoms with Crippen molar-refractivity contribution < 1.29 is 9.59 Å². The van der Waals surface area contributed by atoms with Crippen LogP contribution < -0.4 is 5.32 Å². The second-order valence-corrected chi connectivity index (χ2v) is 9.64. The van der Waals surface area contributed by atoms with E-state index in [0.717, 1.165) is 36.1 Å². The molecule has 1 spiro atoms. The number of amides is 2. The smallest absolute Gasteiger partial charge is 0.254 e. The number of rotatable bonds is 5. The lowest BCUT2D eigenvalue weighted by atomic mass is 9.71. The molecule has 1 aromatic heterocycles. The predicted molar refractivity (Wildman–Crippen MR) is 125 cm³/mol. The number of aromatic amines is 1. The molecule has 2 amide bonds. The Balaban J connectivity index is 1.35. The summed E-state index contributed by atoms with van der Waals surface area (Å²) < 4.78 is 0. The number of hydrogen-bond acceptors (Lipinski definition) is 3. The summed E-state index contributed by atoms with van der Waals surface area (Å²) in [5.41, 5.74) is 2.75. The van der Waals surface area contributed by atoms with Crippen LogP contribution in [0.15, 0.2) is 60.8 Å². The highest BCUT2D eigenvalue weighted by Gasteiger charge is 2.57. The molecule has 166 valence electrons. The monoisotopic (exact) mass is 430 g/mol. The highest BCUT2D eigenvalue weighted by atomic mass is 16.2. The maximum absolute atomic E-state index is 13.3. The normalized spacial score (nSPS) is 20.1. The lowest BCUT2D eigenvalue weighted by Crippen LogP contribution is -2.64. The number of benzene rings is 2. The molecule has 32 heavy (non-hydrogen) atoms. The minimum Gasteiger partial charge on any atom is -0.361 e. The Bertz CT molecular complexity index is 1130. The number of aromatic nitrogens is 1. The van der Waals surface area contributed by atoms with Crippen molar-refractivity contribution in [3.8, 4) is 0 Å². The van der Waals surface area contributed by atoms with Gasteiger partial charge >= 0.3 is 0 Å². The van der Waals surface area contributed by atoms with Gasteiger partial charge in [-0.05, 0) is 37.6 Å². The van der Waals surface area contributed by atoms with Gasteiger partial charge in [-0.15, -0.1) is 0 Å². The summed E-state index contributed by atoms with van der Waals surface area (Å²) in [6.45, 7) is 7.61. The molecule has 5 rings (SSSR count). The average molecular weight is 431 g/mol. The largest absolute Gasteiger partial charge is 0.361 e. The van der Waals surface area contributed by atoms with Crippen LogP contribution in [0.25, 0.3) is 10.9 Å². The number of hydrogen-bond donors (Lipinski definition) is 2. The summed E-state index contributed by atoms with van der Waals surface area (Å²) >= 11 is 0. The summed E-state index contributed by atoms with van der Waals surface area (Å²) in [7, 11) is 0. The van der Waals surface area contributed by atoms with Crippen molar-refractivity contribution in [2.75, 3.05) is 26.2 Å². The maximum atomic E-state index is 13.3.